The van der Waals surface area contributed by atoms with Crippen LogP contribution in [0.15, 0.2) is 54.6 Å². The molecule has 0 saturated heterocycles. The fraction of sp³-hybridized carbons (Fsp3) is 0.227. The van der Waals surface area contributed by atoms with Gasteiger partial charge >= 0.3 is 0 Å². The number of nitrogens with zero attached hydrogens (tertiary/aromatic N) is 3. The Kier molecular flexibility index (Phi) is 4.69. The van der Waals surface area contributed by atoms with Gasteiger partial charge in [0.1, 0.15) is 0 Å². The Bertz CT molecular complexity index is 1040. The average molecular weight is 374 g/mol. The number of carbonyl (C=O) groups is 2. The molecule has 0 saturated carbocycles. The maximum Gasteiger partial charge on any atom is 0.258 e. The maximum atomic E-state index is 13.1. The number of aromatic nitrogens is 2. The van der Waals surface area contributed by atoms with Crippen molar-refractivity contribution in [2.45, 2.75) is 26.8 Å². The maximum absolute atomic E-state index is 13.1. The summed E-state index contributed by atoms with van der Waals surface area (Å²) in [5.74, 6) is -0.190. The Labute approximate surface area is 163 Å². The number of rotatable bonds is 3. The lowest BCUT2D eigenvalue weighted by Gasteiger charge is -2.22. The third-order valence-electron chi connectivity index (χ3n) is 4.91. The van der Waals surface area contributed by atoms with Crippen LogP contribution in [0.5, 0.6) is 0 Å². The highest BCUT2D eigenvalue weighted by molar-refractivity contribution is 6.10. The molecule has 0 fully saturated rings. The van der Waals surface area contributed by atoms with Crippen molar-refractivity contribution in [1.82, 2.24) is 9.78 Å². The fourth-order valence-corrected chi connectivity index (χ4v) is 3.49. The van der Waals surface area contributed by atoms with Crippen LogP contribution in [0.2, 0.25) is 0 Å². The zero-order chi connectivity index (χ0) is 19.7. The van der Waals surface area contributed by atoms with E-state index < -0.39 is 0 Å². The van der Waals surface area contributed by atoms with E-state index in [-0.39, 0.29) is 18.2 Å². The number of amides is 2. The van der Waals surface area contributed by atoms with E-state index in [9.17, 15) is 9.59 Å². The van der Waals surface area contributed by atoms with Gasteiger partial charge in [0.05, 0.1) is 23.6 Å². The van der Waals surface area contributed by atoms with Gasteiger partial charge in [0.2, 0.25) is 5.91 Å². The molecule has 142 valence electrons. The molecule has 6 heteroatoms. The van der Waals surface area contributed by atoms with Gasteiger partial charge in [0.25, 0.3) is 5.91 Å². The molecule has 0 spiro atoms. The second-order valence-electron chi connectivity index (χ2n) is 7.05. The summed E-state index contributed by atoms with van der Waals surface area (Å²) >= 11 is 0. The van der Waals surface area contributed by atoms with Crippen molar-refractivity contribution < 1.29 is 9.59 Å². The summed E-state index contributed by atoms with van der Waals surface area (Å²) in [6.07, 6.45) is 0.274. The summed E-state index contributed by atoms with van der Waals surface area (Å²) in [6.45, 7) is 5.03. The van der Waals surface area contributed by atoms with E-state index in [1.807, 2.05) is 73.1 Å². The van der Waals surface area contributed by atoms with E-state index in [1.54, 1.807) is 4.90 Å². The van der Waals surface area contributed by atoms with E-state index in [4.69, 9.17) is 0 Å². The molecule has 0 unspecified atom stereocenters. The lowest BCUT2D eigenvalue weighted by molar-refractivity contribution is -0.115. The molecular weight excluding hydrogens is 352 g/mol. The van der Waals surface area contributed by atoms with Crippen LogP contribution in [0, 0.1) is 13.8 Å². The van der Waals surface area contributed by atoms with E-state index >= 15 is 0 Å². The smallest absolute Gasteiger partial charge is 0.258 e. The quantitative estimate of drug-likeness (QED) is 0.762. The lowest BCUT2D eigenvalue weighted by atomic mass is 10.1. The van der Waals surface area contributed by atoms with E-state index in [0.29, 0.717) is 24.3 Å². The highest BCUT2D eigenvalue weighted by Gasteiger charge is 2.24. The minimum absolute atomic E-state index is 0.0806. The summed E-state index contributed by atoms with van der Waals surface area (Å²) < 4.78 is 1.95. The zero-order valence-electron chi connectivity index (χ0n) is 16.0. The minimum Gasteiger partial charge on any atom is -0.324 e. The topological polar surface area (TPSA) is 67.2 Å². The number of hydrogen-bond donors (Lipinski definition) is 1. The zero-order valence-corrected chi connectivity index (χ0v) is 16.0. The number of nitrogens with one attached hydrogen (secondary N) is 1. The summed E-state index contributed by atoms with van der Waals surface area (Å²) in [4.78, 5) is 26.7. The van der Waals surface area contributed by atoms with Gasteiger partial charge in [0.15, 0.2) is 0 Å². The molecule has 2 heterocycles. The molecular formula is C22H22N4O2. The number of fused-ring (bicyclic) bond motifs is 1. The van der Waals surface area contributed by atoms with Gasteiger partial charge in [-0.25, -0.2) is 0 Å². The predicted octanol–water partition coefficient (Wildman–Crippen LogP) is 3.54. The molecule has 28 heavy (non-hydrogen) atoms. The molecule has 1 N–H and O–H groups in total. The summed E-state index contributed by atoms with van der Waals surface area (Å²) in [6, 6.07) is 17.0. The highest BCUT2D eigenvalue weighted by atomic mass is 16.2. The van der Waals surface area contributed by atoms with Crippen LogP contribution in [0.1, 0.15) is 33.7 Å². The molecule has 6 nitrogen and oxygen atoms in total. The molecule has 1 aliphatic rings. The van der Waals surface area contributed by atoms with Gasteiger partial charge in [0, 0.05) is 24.2 Å². The Morgan fingerprint density at radius 2 is 1.86 bits per heavy atom. The van der Waals surface area contributed by atoms with Gasteiger partial charge in [-0.05, 0) is 49.7 Å². The van der Waals surface area contributed by atoms with Crippen LogP contribution in [-0.2, 0) is 11.3 Å². The highest BCUT2D eigenvalue weighted by Crippen LogP contribution is 2.29. The van der Waals surface area contributed by atoms with Crippen molar-refractivity contribution in [3.05, 3.63) is 77.1 Å². The number of hydrogen-bond acceptors (Lipinski definition) is 3. The van der Waals surface area contributed by atoms with Crippen molar-refractivity contribution in [3.8, 4) is 0 Å². The number of carbonyl (C=O) groups excluding carboxylic acids is 2. The van der Waals surface area contributed by atoms with Crippen molar-refractivity contribution in [1.29, 1.82) is 0 Å². The number of para-hydroxylation sites is 2. The summed E-state index contributed by atoms with van der Waals surface area (Å²) in [5, 5.41) is 7.34. The predicted molar refractivity (Wildman–Crippen MR) is 109 cm³/mol. The SMILES string of the molecule is Cc1cc(C)n(Cc2ccc(C(=O)N3CCC(=O)Nc4ccccc43)cc2)n1. The van der Waals surface area contributed by atoms with Gasteiger partial charge in [-0.2, -0.15) is 5.10 Å². The summed E-state index contributed by atoms with van der Waals surface area (Å²) in [7, 11) is 0. The third-order valence-corrected chi connectivity index (χ3v) is 4.91. The second-order valence-corrected chi connectivity index (χ2v) is 7.05. The molecule has 4 rings (SSSR count). The van der Waals surface area contributed by atoms with Crippen LogP contribution in [-0.4, -0.2) is 28.1 Å². The number of benzene rings is 2. The summed E-state index contributed by atoms with van der Waals surface area (Å²) in [5.41, 5.74) is 5.17. The van der Waals surface area contributed by atoms with Crippen LogP contribution >= 0.6 is 0 Å². The average Bonchev–Trinajstić information content (AvgIpc) is 2.90. The monoisotopic (exact) mass is 374 g/mol. The van der Waals surface area contributed by atoms with Crippen molar-refractivity contribution in [2.75, 3.05) is 16.8 Å². The normalized spacial score (nSPS) is 13.6. The van der Waals surface area contributed by atoms with E-state index in [2.05, 4.69) is 10.4 Å². The van der Waals surface area contributed by atoms with Gasteiger partial charge in [-0.1, -0.05) is 24.3 Å². The molecule has 3 aromatic rings. The van der Waals surface area contributed by atoms with Crippen molar-refractivity contribution in [3.63, 3.8) is 0 Å². The first-order valence-corrected chi connectivity index (χ1v) is 9.32. The Hall–Kier alpha value is -3.41. The molecule has 0 aliphatic carbocycles. The van der Waals surface area contributed by atoms with Gasteiger partial charge in [-0.15, -0.1) is 0 Å². The molecule has 1 aliphatic heterocycles. The van der Waals surface area contributed by atoms with Crippen molar-refractivity contribution >= 4 is 23.2 Å². The molecule has 2 amide bonds. The molecule has 1 aromatic heterocycles. The van der Waals surface area contributed by atoms with Crippen molar-refractivity contribution in [2.24, 2.45) is 0 Å². The van der Waals surface area contributed by atoms with Gasteiger partial charge in [-0.3, -0.25) is 14.3 Å². The Balaban J connectivity index is 1.57. The van der Waals surface area contributed by atoms with Gasteiger partial charge < -0.3 is 10.2 Å². The molecule has 2 aromatic carbocycles. The minimum atomic E-state index is -0.110. The van der Waals surface area contributed by atoms with Crippen LogP contribution in [0.3, 0.4) is 0 Å². The molecule has 0 radical (unpaired) electrons. The van der Waals surface area contributed by atoms with Crippen LogP contribution in [0.4, 0.5) is 11.4 Å². The molecule has 0 bridgehead atoms. The van der Waals surface area contributed by atoms with Crippen LogP contribution < -0.4 is 10.2 Å². The van der Waals surface area contributed by atoms with E-state index in [0.717, 1.165) is 22.6 Å². The second kappa shape index (κ2) is 7.31. The number of anilines is 2. The Morgan fingerprint density at radius 3 is 2.57 bits per heavy atom. The molecule has 0 atom stereocenters. The standard InChI is InChI=1S/C22H22N4O2/c1-15-13-16(2)26(24-15)14-17-7-9-18(10-8-17)22(28)25-12-11-21(27)23-19-5-3-4-6-20(19)25/h3-10,13H,11-12,14H2,1-2H3,(H,23,27). The number of aryl methyl sites for hydroxylation is 2. The lowest BCUT2D eigenvalue weighted by Crippen LogP contribution is -2.31. The first-order valence-electron chi connectivity index (χ1n) is 9.32. The third kappa shape index (κ3) is 3.53. The van der Waals surface area contributed by atoms with E-state index in [1.165, 1.54) is 0 Å². The first-order chi connectivity index (χ1) is 13.5. The Morgan fingerprint density at radius 1 is 1.11 bits per heavy atom. The largest absolute Gasteiger partial charge is 0.324 e. The van der Waals surface area contributed by atoms with Crippen LogP contribution in [0.25, 0.3) is 0 Å². The fourth-order valence-electron chi connectivity index (χ4n) is 3.49. The first kappa shape index (κ1) is 18.0.